The minimum absolute atomic E-state index is 0.00753. The molecule has 1 heterocycles. The minimum Gasteiger partial charge on any atom is -0.391 e. The van der Waals surface area contributed by atoms with Gasteiger partial charge in [-0.1, -0.05) is 36.4 Å². The maximum Gasteiger partial charge on any atom is 0.268 e. The van der Waals surface area contributed by atoms with E-state index >= 15 is 0 Å². The molecule has 2 aromatic rings. The fourth-order valence-electron chi connectivity index (χ4n) is 3.96. The lowest BCUT2D eigenvalue weighted by Crippen LogP contribution is -2.51. The van der Waals surface area contributed by atoms with Crippen molar-refractivity contribution in [1.29, 1.82) is 0 Å². The number of nitrogens with zero attached hydrogens (tertiary/aromatic N) is 1. The molecule has 1 fully saturated rings. The topological polar surface area (TPSA) is 131 Å². The standard InChI is InChI=1S/C24H30N4O5/c1-15(29)22(24(32)27-33)26-23(31)20-9-7-19(8-10-20)18-5-3-17(4-6-18)13-28-12-11-21(14-28)25-16(2)30/h3-10,15,21-22,29,33H,11-14H2,1-2H3,(H,25,30)(H,26,31)(H,27,32)/t15-,21-,22+/m1/s1. The molecule has 1 aliphatic heterocycles. The smallest absolute Gasteiger partial charge is 0.268 e. The lowest BCUT2D eigenvalue weighted by Gasteiger charge is -2.19. The third kappa shape index (κ3) is 6.61. The molecule has 0 unspecified atom stereocenters. The van der Waals surface area contributed by atoms with E-state index in [-0.39, 0.29) is 11.9 Å². The number of carbonyl (C=O) groups excluding carboxylic acids is 3. The molecule has 0 aliphatic carbocycles. The molecule has 3 amide bonds. The van der Waals surface area contributed by atoms with Crippen molar-refractivity contribution in [1.82, 2.24) is 21.0 Å². The van der Waals surface area contributed by atoms with Crippen molar-refractivity contribution in [3.05, 3.63) is 59.7 Å². The van der Waals surface area contributed by atoms with Crippen molar-refractivity contribution in [2.45, 2.75) is 45.0 Å². The minimum atomic E-state index is -1.26. The van der Waals surface area contributed by atoms with Gasteiger partial charge >= 0.3 is 0 Å². The largest absolute Gasteiger partial charge is 0.391 e. The Morgan fingerprint density at radius 1 is 1.06 bits per heavy atom. The van der Waals surface area contributed by atoms with E-state index in [1.165, 1.54) is 18.0 Å². The molecule has 0 radical (unpaired) electrons. The molecule has 0 spiro atoms. The van der Waals surface area contributed by atoms with Gasteiger partial charge in [-0.3, -0.25) is 24.5 Å². The summed E-state index contributed by atoms with van der Waals surface area (Å²) in [4.78, 5) is 37.5. The van der Waals surface area contributed by atoms with Crippen LogP contribution < -0.4 is 16.1 Å². The Kier molecular flexibility index (Phi) is 8.16. The number of aliphatic hydroxyl groups excluding tert-OH is 1. The molecule has 1 aliphatic rings. The number of likely N-dealkylation sites (tertiary alicyclic amines) is 1. The molecule has 3 atom stereocenters. The second kappa shape index (κ2) is 11.0. The van der Waals surface area contributed by atoms with E-state index < -0.39 is 24.0 Å². The number of amides is 3. The second-order valence-electron chi connectivity index (χ2n) is 8.36. The normalized spacial score (nSPS) is 17.8. The number of nitrogens with one attached hydrogen (secondary N) is 3. The first-order valence-electron chi connectivity index (χ1n) is 10.9. The first kappa shape index (κ1) is 24.4. The van der Waals surface area contributed by atoms with Crippen LogP contribution >= 0.6 is 0 Å². The highest BCUT2D eigenvalue weighted by atomic mass is 16.5. The zero-order valence-electron chi connectivity index (χ0n) is 18.7. The van der Waals surface area contributed by atoms with Crippen molar-refractivity contribution in [3.63, 3.8) is 0 Å². The first-order chi connectivity index (χ1) is 15.8. The van der Waals surface area contributed by atoms with Crippen molar-refractivity contribution in [3.8, 4) is 11.1 Å². The van der Waals surface area contributed by atoms with Crippen LogP contribution in [-0.4, -0.2) is 64.2 Å². The van der Waals surface area contributed by atoms with Crippen LogP contribution in [0.5, 0.6) is 0 Å². The van der Waals surface area contributed by atoms with Crippen LogP contribution in [0.4, 0.5) is 0 Å². The summed E-state index contributed by atoms with van der Waals surface area (Å²) in [6.45, 7) is 5.51. The van der Waals surface area contributed by atoms with E-state index in [1.54, 1.807) is 19.1 Å². The van der Waals surface area contributed by atoms with Crippen molar-refractivity contribution >= 4 is 17.7 Å². The van der Waals surface area contributed by atoms with E-state index in [4.69, 9.17) is 5.21 Å². The van der Waals surface area contributed by atoms with Crippen LogP contribution in [0.15, 0.2) is 48.5 Å². The van der Waals surface area contributed by atoms with Gasteiger partial charge in [0.2, 0.25) is 5.91 Å². The van der Waals surface area contributed by atoms with Gasteiger partial charge < -0.3 is 15.7 Å². The number of carbonyl (C=O) groups is 3. The van der Waals surface area contributed by atoms with Crippen molar-refractivity contribution in [2.24, 2.45) is 0 Å². The summed E-state index contributed by atoms with van der Waals surface area (Å²) in [7, 11) is 0. The molecule has 3 rings (SSSR count). The summed E-state index contributed by atoms with van der Waals surface area (Å²) in [5, 5.41) is 23.8. The molecular weight excluding hydrogens is 424 g/mol. The van der Waals surface area contributed by atoms with Gasteiger partial charge in [0.05, 0.1) is 6.10 Å². The summed E-state index contributed by atoms with van der Waals surface area (Å²) in [5.74, 6) is -1.42. The predicted molar refractivity (Wildman–Crippen MR) is 122 cm³/mol. The Labute approximate surface area is 192 Å². The fourth-order valence-corrected chi connectivity index (χ4v) is 3.96. The Morgan fingerprint density at radius 3 is 2.21 bits per heavy atom. The zero-order valence-corrected chi connectivity index (χ0v) is 18.7. The Balaban J connectivity index is 1.59. The monoisotopic (exact) mass is 454 g/mol. The third-order valence-electron chi connectivity index (χ3n) is 5.68. The number of rotatable bonds is 8. The lowest BCUT2D eigenvalue weighted by molar-refractivity contribution is -0.133. The highest BCUT2D eigenvalue weighted by Gasteiger charge is 2.26. The van der Waals surface area contributed by atoms with Crippen LogP contribution in [0.1, 0.15) is 36.2 Å². The van der Waals surface area contributed by atoms with Gasteiger partial charge in [-0.15, -0.1) is 0 Å². The number of hydrogen-bond donors (Lipinski definition) is 5. The average Bonchev–Trinajstić information content (AvgIpc) is 3.23. The molecule has 9 nitrogen and oxygen atoms in total. The quantitative estimate of drug-likeness (QED) is 0.299. The lowest BCUT2D eigenvalue weighted by atomic mass is 10.0. The average molecular weight is 455 g/mol. The van der Waals surface area contributed by atoms with Crippen molar-refractivity contribution < 1.29 is 24.7 Å². The van der Waals surface area contributed by atoms with E-state index in [0.717, 1.165) is 37.2 Å². The van der Waals surface area contributed by atoms with Gasteiger partial charge in [0.15, 0.2) is 0 Å². The van der Waals surface area contributed by atoms with E-state index in [2.05, 4.69) is 27.7 Å². The Bertz CT molecular complexity index is 975. The number of hydrogen-bond acceptors (Lipinski definition) is 6. The van der Waals surface area contributed by atoms with E-state index in [9.17, 15) is 19.5 Å². The maximum absolute atomic E-state index is 12.4. The second-order valence-corrected chi connectivity index (χ2v) is 8.36. The molecule has 9 heteroatoms. The summed E-state index contributed by atoms with van der Waals surface area (Å²) in [6.07, 6.45) is -0.212. The number of aliphatic hydroxyl groups is 1. The van der Waals surface area contributed by atoms with Gasteiger partial charge in [0.1, 0.15) is 6.04 Å². The zero-order chi connectivity index (χ0) is 24.0. The van der Waals surface area contributed by atoms with Gasteiger partial charge in [-0.25, -0.2) is 5.48 Å². The van der Waals surface area contributed by atoms with Crippen LogP contribution in [-0.2, 0) is 16.1 Å². The van der Waals surface area contributed by atoms with Gasteiger partial charge in [0, 0.05) is 38.2 Å². The summed E-state index contributed by atoms with van der Waals surface area (Å²) in [6, 6.07) is 14.1. The van der Waals surface area contributed by atoms with Crippen LogP contribution in [0.25, 0.3) is 11.1 Å². The molecule has 0 aromatic heterocycles. The highest BCUT2D eigenvalue weighted by Crippen LogP contribution is 2.22. The molecule has 33 heavy (non-hydrogen) atoms. The van der Waals surface area contributed by atoms with Gasteiger partial charge in [0.25, 0.3) is 11.8 Å². The van der Waals surface area contributed by atoms with Gasteiger partial charge in [-0.05, 0) is 42.2 Å². The molecule has 1 saturated heterocycles. The Morgan fingerprint density at radius 2 is 1.67 bits per heavy atom. The SMILES string of the molecule is CC(=O)N[C@@H]1CCN(Cc2ccc(-c3ccc(C(=O)N[C@H](C(=O)NO)[C@@H](C)O)cc3)cc2)C1. The summed E-state index contributed by atoms with van der Waals surface area (Å²) >= 11 is 0. The van der Waals surface area contributed by atoms with Crippen LogP contribution in [0, 0.1) is 0 Å². The molecular formula is C24H30N4O5. The summed E-state index contributed by atoms with van der Waals surface area (Å²) in [5.41, 5.74) is 4.89. The van der Waals surface area contributed by atoms with E-state index in [1.807, 2.05) is 24.3 Å². The van der Waals surface area contributed by atoms with Crippen molar-refractivity contribution in [2.75, 3.05) is 13.1 Å². The fraction of sp³-hybridized carbons (Fsp3) is 0.375. The molecule has 2 aromatic carbocycles. The molecule has 0 bridgehead atoms. The molecule has 0 saturated carbocycles. The predicted octanol–water partition coefficient (Wildman–Crippen LogP) is 1.05. The number of hydroxylamine groups is 1. The molecule has 176 valence electrons. The van der Waals surface area contributed by atoms with E-state index in [0.29, 0.717) is 5.56 Å². The van der Waals surface area contributed by atoms with Gasteiger partial charge in [-0.2, -0.15) is 0 Å². The maximum atomic E-state index is 12.4. The Hall–Kier alpha value is -3.27. The third-order valence-corrected chi connectivity index (χ3v) is 5.68. The van der Waals surface area contributed by atoms with Crippen LogP contribution in [0.2, 0.25) is 0 Å². The number of benzene rings is 2. The highest BCUT2D eigenvalue weighted by molar-refractivity contribution is 5.97. The molecule has 5 N–H and O–H groups in total. The summed E-state index contributed by atoms with van der Waals surface area (Å²) < 4.78 is 0. The van der Waals surface area contributed by atoms with Crippen LogP contribution in [0.3, 0.4) is 0 Å². The first-order valence-corrected chi connectivity index (χ1v) is 10.9.